The quantitative estimate of drug-likeness (QED) is 0.0693. The third-order valence-corrected chi connectivity index (χ3v) is 7.61. The summed E-state index contributed by atoms with van der Waals surface area (Å²) in [6.45, 7) is 8.26. The molecule has 50 heavy (non-hydrogen) atoms. The first-order valence-corrected chi connectivity index (χ1v) is 17.1. The Balaban J connectivity index is 1.63. The number of aliphatic hydroxyl groups is 3. The van der Waals surface area contributed by atoms with Gasteiger partial charge in [0.1, 0.15) is 37.1 Å². The Labute approximate surface area is 295 Å². The molecule has 0 amide bonds. The maximum atomic E-state index is 8.77. The summed E-state index contributed by atoms with van der Waals surface area (Å²) < 4.78 is 49.9. The lowest BCUT2D eigenvalue weighted by atomic mass is 9.71. The van der Waals surface area contributed by atoms with Gasteiger partial charge in [-0.05, 0) is 60.0 Å². The van der Waals surface area contributed by atoms with Crippen LogP contribution in [0, 0.1) is 0 Å². The van der Waals surface area contributed by atoms with Gasteiger partial charge in [0.2, 0.25) is 0 Å². The van der Waals surface area contributed by atoms with Crippen LogP contribution in [-0.4, -0.2) is 134 Å². The van der Waals surface area contributed by atoms with E-state index in [4.69, 9.17) is 58.0 Å². The normalized spacial score (nSPS) is 11.5. The largest absolute Gasteiger partial charge is 0.491 e. The van der Waals surface area contributed by atoms with Crippen molar-refractivity contribution in [1.82, 2.24) is 0 Å². The monoisotopic (exact) mass is 702 g/mol. The summed E-state index contributed by atoms with van der Waals surface area (Å²) in [5.74, 6) is 2.23. The fourth-order valence-electron chi connectivity index (χ4n) is 4.97. The molecule has 3 N–H and O–H groups in total. The summed E-state index contributed by atoms with van der Waals surface area (Å²) in [7, 11) is 0. The predicted octanol–water partition coefficient (Wildman–Crippen LogP) is 3.25. The Morgan fingerprint density at radius 1 is 0.340 bits per heavy atom. The fourth-order valence-corrected chi connectivity index (χ4v) is 4.97. The van der Waals surface area contributed by atoms with E-state index in [1.165, 1.54) is 0 Å². The highest BCUT2D eigenvalue weighted by molar-refractivity contribution is 5.52. The van der Waals surface area contributed by atoms with Crippen molar-refractivity contribution in [3.05, 3.63) is 89.5 Å². The molecule has 0 spiro atoms. The standard InChI is InChI=1S/C38H54O12/c1-38(32-2-8-35(9-3-32)48-29-26-45-23-20-42-17-14-39,33-4-10-36(11-5-33)49-30-27-46-24-21-43-18-15-40)34-6-12-37(13-7-34)50-31-28-47-25-22-44-19-16-41/h2-13,39-41H,14-31H2,1H3. The van der Waals surface area contributed by atoms with Gasteiger partial charge in [-0.3, -0.25) is 0 Å². The van der Waals surface area contributed by atoms with Crippen LogP contribution < -0.4 is 14.2 Å². The van der Waals surface area contributed by atoms with Gasteiger partial charge in [-0.1, -0.05) is 36.4 Å². The van der Waals surface area contributed by atoms with Crippen molar-refractivity contribution in [3.8, 4) is 17.2 Å². The van der Waals surface area contributed by atoms with Gasteiger partial charge in [0.05, 0.1) is 99.1 Å². The van der Waals surface area contributed by atoms with Gasteiger partial charge < -0.3 is 58.0 Å². The SMILES string of the molecule is CC(c1ccc(OCCOCCOCCO)cc1)(c1ccc(OCCOCCOCCO)cc1)c1ccc(OCCOCCOCCO)cc1. The first-order valence-electron chi connectivity index (χ1n) is 17.1. The number of ether oxygens (including phenoxy) is 9. The first kappa shape index (κ1) is 41.1. The van der Waals surface area contributed by atoms with E-state index in [9.17, 15) is 0 Å². The molecule has 3 aromatic rings. The van der Waals surface area contributed by atoms with Crippen molar-refractivity contribution >= 4 is 0 Å². The summed E-state index contributed by atoms with van der Waals surface area (Å²) in [5, 5.41) is 26.3. The minimum atomic E-state index is -0.511. The van der Waals surface area contributed by atoms with Crippen molar-refractivity contribution in [2.24, 2.45) is 0 Å². The molecule has 0 aliphatic heterocycles. The van der Waals surface area contributed by atoms with Crippen LogP contribution in [0.15, 0.2) is 72.8 Å². The van der Waals surface area contributed by atoms with Crippen LogP contribution in [-0.2, 0) is 33.8 Å². The zero-order valence-electron chi connectivity index (χ0n) is 29.2. The highest BCUT2D eigenvalue weighted by Crippen LogP contribution is 2.40. The van der Waals surface area contributed by atoms with Gasteiger partial charge >= 0.3 is 0 Å². The summed E-state index contributed by atoms with van der Waals surface area (Å²) in [6, 6.07) is 24.3. The lowest BCUT2D eigenvalue weighted by Gasteiger charge is -2.32. The molecule has 0 saturated carbocycles. The molecule has 0 aromatic heterocycles. The Bertz CT molecular complexity index is 1080. The van der Waals surface area contributed by atoms with Gasteiger partial charge in [-0.15, -0.1) is 0 Å². The van der Waals surface area contributed by atoms with Crippen molar-refractivity contribution in [1.29, 1.82) is 0 Å². The summed E-state index contributed by atoms with van der Waals surface area (Å²) in [4.78, 5) is 0. The van der Waals surface area contributed by atoms with Crippen LogP contribution in [0.4, 0.5) is 0 Å². The smallest absolute Gasteiger partial charge is 0.119 e. The van der Waals surface area contributed by atoms with E-state index < -0.39 is 5.41 Å². The van der Waals surface area contributed by atoms with Crippen LogP contribution >= 0.6 is 0 Å². The molecule has 3 aromatic carbocycles. The van der Waals surface area contributed by atoms with E-state index in [2.05, 4.69) is 43.3 Å². The molecule has 12 nitrogen and oxygen atoms in total. The molecule has 12 heteroatoms. The topological polar surface area (TPSA) is 144 Å². The maximum Gasteiger partial charge on any atom is 0.119 e. The molecule has 278 valence electrons. The van der Waals surface area contributed by atoms with E-state index in [0.717, 1.165) is 33.9 Å². The average Bonchev–Trinajstić information content (AvgIpc) is 3.15. The van der Waals surface area contributed by atoms with Gasteiger partial charge in [0.25, 0.3) is 0 Å². The van der Waals surface area contributed by atoms with E-state index in [0.29, 0.717) is 99.1 Å². The highest BCUT2D eigenvalue weighted by Gasteiger charge is 2.31. The number of benzene rings is 3. The molecular formula is C38H54O12. The zero-order valence-corrected chi connectivity index (χ0v) is 29.2. The van der Waals surface area contributed by atoms with Gasteiger partial charge in [-0.2, -0.15) is 0 Å². The fraction of sp³-hybridized carbons (Fsp3) is 0.526. The van der Waals surface area contributed by atoms with Crippen LogP contribution in [0.3, 0.4) is 0 Å². The molecule has 0 aliphatic carbocycles. The first-order chi connectivity index (χ1) is 24.6. The Morgan fingerprint density at radius 2 is 0.560 bits per heavy atom. The Morgan fingerprint density at radius 3 is 0.800 bits per heavy atom. The van der Waals surface area contributed by atoms with E-state index in [1.807, 2.05) is 36.4 Å². The summed E-state index contributed by atoms with van der Waals surface area (Å²) in [5.41, 5.74) is 2.73. The third kappa shape index (κ3) is 15.3. The molecular weight excluding hydrogens is 648 g/mol. The number of hydrogen-bond donors (Lipinski definition) is 3. The lowest BCUT2D eigenvalue weighted by Crippen LogP contribution is -2.25. The van der Waals surface area contributed by atoms with E-state index in [-0.39, 0.29) is 19.8 Å². The van der Waals surface area contributed by atoms with Crippen molar-refractivity contribution in [2.45, 2.75) is 12.3 Å². The zero-order chi connectivity index (χ0) is 35.5. The highest BCUT2D eigenvalue weighted by atomic mass is 16.6. The molecule has 0 aliphatic rings. The minimum absolute atomic E-state index is 0.000745. The van der Waals surface area contributed by atoms with Crippen molar-refractivity contribution in [2.75, 3.05) is 119 Å². The number of hydrogen-bond acceptors (Lipinski definition) is 12. The van der Waals surface area contributed by atoms with Gasteiger partial charge in [0, 0.05) is 5.41 Å². The molecule has 3 rings (SSSR count). The van der Waals surface area contributed by atoms with Crippen LogP contribution in [0.25, 0.3) is 0 Å². The average molecular weight is 703 g/mol. The van der Waals surface area contributed by atoms with Crippen LogP contribution in [0.1, 0.15) is 23.6 Å². The van der Waals surface area contributed by atoms with E-state index >= 15 is 0 Å². The Kier molecular flexibility index (Phi) is 21.1. The van der Waals surface area contributed by atoms with Crippen LogP contribution in [0.5, 0.6) is 17.2 Å². The number of aliphatic hydroxyl groups excluding tert-OH is 3. The second-order valence-corrected chi connectivity index (χ2v) is 11.1. The molecule has 0 atom stereocenters. The molecule has 0 fully saturated rings. The molecule has 0 saturated heterocycles. The summed E-state index contributed by atoms with van der Waals surface area (Å²) in [6.07, 6.45) is 0. The minimum Gasteiger partial charge on any atom is -0.491 e. The summed E-state index contributed by atoms with van der Waals surface area (Å²) >= 11 is 0. The van der Waals surface area contributed by atoms with Crippen molar-refractivity contribution < 1.29 is 58.0 Å². The lowest BCUT2D eigenvalue weighted by molar-refractivity contribution is 0.0247. The second-order valence-electron chi connectivity index (χ2n) is 11.1. The molecule has 0 heterocycles. The predicted molar refractivity (Wildman–Crippen MR) is 188 cm³/mol. The Hall–Kier alpha value is -3.30. The third-order valence-electron chi connectivity index (χ3n) is 7.61. The maximum absolute atomic E-state index is 8.77. The van der Waals surface area contributed by atoms with E-state index in [1.54, 1.807) is 0 Å². The van der Waals surface area contributed by atoms with Gasteiger partial charge in [0.15, 0.2) is 0 Å². The molecule has 0 radical (unpaired) electrons. The second kappa shape index (κ2) is 25.6. The molecule has 0 unspecified atom stereocenters. The van der Waals surface area contributed by atoms with Crippen LogP contribution in [0.2, 0.25) is 0 Å². The number of rotatable bonds is 30. The van der Waals surface area contributed by atoms with Gasteiger partial charge in [-0.25, -0.2) is 0 Å². The molecule has 0 bridgehead atoms. The van der Waals surface area contributed by atoms with Crippen molar-refractivity contribution in [3.63, 3.8) is 0 Å².